The van der Waals surface area contributed by atoms with Crippen LogP contribution >= 0.6 is 11.6 Å². The summed E-state index contributed by atoms with van der Waals surface area (Å²) in [5.74, 6) is 0.130. The number of rotatable bonds is 4. The van der Waals surface area contributed by atoms with Gasteiger partial charge in [0.1, 0.15) is 6.20 Å². The molecule has 0 fully saturated rings. The van der Waals surface area contributed by atoms with Crippen molar-refractivity contribution < 1.29 is 9.66 Å². The molecule has 8 nitrogen and oxygen atoms in total. The lowest BCUT2D eigenvalue weighted by Gasteiger charge is -2.02. The van der Waals surface area contributed by atoms with Gasteiger partial charge in [-0.2, -0.15) is 10.1 Å². The third-order valence-electron chi connectivity index (χ3n) is 2.05. The quantitative estimate of drug-likeness (QED) is 0.479. The SMILES string of the molecule is CCn1cc(Oc2nc(Cl)ncc2[N+](=O)[O-])cn1. The molecule has 2 aromatic rings. The van der Waals surface area contributed by atoms with Gasteiger partial charge < -0.3 is 4.74 Å². The van der Waals surface area contributed by atoms with Gasteiger partial charge in [-0.3, -0.25) is 14.8 Å². The van der Waals surface area contributed by atoms with Crippen molar-refractivity contribution in [2.75, 3.05) is 0 Å². The van der Waals surface area contributed by atoms with E-state index in [2.05, 4.69) is 15.1 Å². The van der Waals surface area contributed by atoms with Crippen molar-refractivity contribution in [3.63, 3.8) is 0 Å². The van der Waals surface area contributed by atoms with E-state index < -0.39 is 4.92 Å². The molecule has 0 aliphatic heterocycles. The Bertz CT molecular complexity index is 585. The number of aromatic nitrogens is 4. The number of nitrogens with zero attached hydrogens (tertiary/aromatic N) is 5. The number of aryl methyl sites for hydroxylation is 1. The Kier molecular flexibility index (Phi) is 3.38. The van der Waals surface area contributed by atoms with Crippen LogP contribution in [0.2, 0.25) is 5.28 Å². The average molecular weight is 270 g/mol. The highest BCUT2D eigenvalue weighted by Crippen LogP contribution is 2.28. The number of ether oxygens (including phenoxy) is 1. The zero-order chi connectivity index (χ0) is 13.1. The van der Waals surface area contributed by atoms with Gasteiger partial charge in [-0.15, -0.1) is 0 Å². The highest BCUT2D eigenvalue weighted by Gasteiger charge is 2.19. The van der Waals surface area contributed by atoms with Crippen LogP contribution in [0.15, 0.2) is 18.6 Å². The molecule has 94 valence electrons. The van der Waals surface area contributed by atoms with Crippen LogP contribution in [0, 0.1) is 10.1 Å². The highest BCUT2D eigenvalue weighted by molar-refractivity contribution is 6.28. The fraction of sp³-hybridized carbons (Fsp3) is 0.222. The molecular weight excluding hydrogens is 262 g/mol. The van der Waals surface area contributed by atoms with E-state index in [9.17, 15) is 10.1 Å². The minimum atomic E-state index is -0.643. The topological polar surface area (TPSA) is 96.0 Å². The van der Waals surface area contributed by atoms with Crippen LogP contribution < -0.4 is 4.74 Å². The predicted molar refractivity (Wildman–Crippen MR) is 61.7 cm³/mol. The molecule has 2 aromatic heterocycles. The van der Waals surface area contributed by atoms with E-state index in [4.69, 9.17) is 16.3 Å². The summed E-state index contributed by atoms with van der Waals surface area (Å²) >= 11 is 5.57. The molecule has 0 saturated heterocycles. The predicted octanol–water partition coefficient (Wildman–Crippen LogP) is 2.05. The maximum atomic E-state index is 10.8. The fourth-order valence-corrected chi connectivity index (χ4v) is 1.35. The number of halogens is 1. The van der Waals surface area contributed by atoms with E-state index in [0.717, 1.165) is 6.20 Å². The first-order valence-corrected chi connectivity index (χ1v) is 5.35. The smallest absolute Gasteiger partial charge is 0.349 e. The van der Waals surface area contributed by atoms with Gasteiger partial charge in [-0.05, 0) is 18.5 Å². The van der Waals surface area contributed by atoms with Crippen molar-refractivity contribution in [3.8, 4) is 11.6 Å². The van der Waals surface area contributed by atoms with Crippen LogP contribution in [0.3, 0.4) is 0 Å². The normalized spacial score (nSPS) is 10.3. The van der Waals surface area contributed by atoms with E-state index in [1.807, 2.05) is 6.92 Å². The summed E-state index contributed by atoms with van der Waals surface area (Å²) in [4.78, 5) is 17.3. The Balaban J connectivity index is 2.32. The van der Waals surface area contributed by atoms with Crippen molar-refractivity contribution in [3.05, 3.63) is 34.0 Å². The number of hydrogen-bond donors (Lipinski definition) is 0. The van der Waals surface area contributed by atoms with Crippen LogP contribution in [0.5, 0.6) is 11.6 Å². The molecule has 0 radical (unpaired) electrons. The first kappa shape index (κ1) is 12.2. The first-order valence-electron chi connectivity index (χ1n) is 4.97. The Hall–Kier alpha value is -2.22. The summed E-state index contributed by atoms with van der Waals surface area (Å²) in [7, 11) is 0. The molecule has 0 atom stereocenters. The zero-order valence-electron chi connectivity index (χ0n) is 9.28. The lowest BCUT2D eigenvalue weighted by atomic mass is 10.5. The standard InChI is InChI=1S/C9H8ClN5O3/c1-2-14-5-6(3-12-14)18-8-7(15(16)17)4-11-9(10)13-8/h3-5H,2H2,1H3. The van der Waals surface area contributed by atoms with Gasteiger partial charge in [-0.1, -0.05) is 0 Å². The number of nitro groups is 1. The Morgan fingerprint density at radius 3 is 2.94 bits per heavy atom. The molecule has 0 aromatic carbocycles. The van der Waals surface area contributed by atoms with E-state index in [1.54, 1.807) is 10.9 Å². The molecule has 0 aliphatic carbocycles. The van der Waals surface area contributed by atoms with Gasteiger partial charge >= 0.3 is 11.6 Å². The third kappa shape index (κ3) is 2.54. The highest BCUT2D eigenvalue weighted by atomic mass is 35.5. The molecule has 2 rings (SSSR count). The Morgan fingerprint density at radius 1 is 1.56 bits per heavy atom. The van der Waals surface area contributed by atoms with Crippen molar-refractivity contribution in [1.29, 1.82) is 0 Å². The zero-order valence-corrected chi connectivity index (χ0v) is 10.0. The van der Waals surface area contributed by atoms with Crippen molar-refractivity contribution >= 4 is 17.3 Å². The molecule has 0 unspecified atom stereocenters. The Morgan fingerprint density at radius 2 is 2.33 bits per heavy atom. The lowest BCUT2D eigenvalue weighted by molar-refractivity contribution is -0.386. The van der Waals surface area contributed by atoms with Gasteiger partial charge in [0.25, 0.3) is 0 Å². The lowest BCUT2D eigenvalue weighted by Crippen LogP contribution is -1.97. The van der Waals surface area contributed by atoms with Crippen LogP contribution in [0.25, 0.3) is 0 Å². The van der Waals surface area contributed by atoms with Crippen molar-refractivity contribution in [2.45, 2.75) is 13.5 Å². The molecule has 18 heavy (non-hydrogen) atoms. The van der Waals surface area contributed by atoms with Crippen LogP contribution in [-0.2, 0) is 6.54 Å². The maximum Gasteiger partial charge on any atom is 0.349 e. The Labute approximate surface area is 106 Å². The second kappa shape index (κ2) is 4.96. The molecule has 0 aliphatic rings. The van der Waals surface area contributed by atoms with Crippen LogP contribution in [-0.4, -0.2) is 24.7 Å². The summed E-state index contributed by atoms with van der Waals surface area (Å²) in [6.45, 7) is 2.57. The molecule has 0 bridgehead atoms. The average Bonchev–Trinajstić information content (AvgIpc) is 2.76. The van der Waals surface area contributed by atoms with Crippen molar-refractivity contribution in [1.82, 2.24) is 19.7 Å². The second-order valence-electron chi connectivity index (χ2n) is 3.22. The molecule has 0 amide bonds. The van der Waals surface area contributed by atoms with E-state index in [0.29, 0.717) is 12.3 Å². The first-order chi connectivity index (χ1) is 8.60. The van der Waals surface area contributed by atoms with Crippen molar-refractivity contribution in [2.24, 2.45) is 0 Å². The molecule has 0 saturated carbocycles. The summed E-state index contributed by atoms with van der Waals surface area (Å²) in [6, 6.07) is 0. The van der Waals surface area contributed by atoms with Gasteiger partial charge in [0.05, 0.1) is 17.3 Å². The molecule has 2 heterocycles. The molecule has 0 N–H and O–H groups in total. The van der Waals surface area contributed by atoms with Gasteiger partial charge in [0.2, 0.25) is 5.28 Å². The summed E-state index contributed by atoms with van der Waals surface area (Å²) < 4.78 is 6.89. The summed E-state index contributed by atoms with van der Waals surface area (Å²) in [6.07, 6.45) is 4.03. The van der Waals surface area contributed by atoms with Gasteiger partial charge in [0, 0.05) is 6.54 Å². The van der Waals surface area contributed by atoms with Crippen LogP contribution in [0.4, 0.5) is 5.69 Å². The minimum absolute atomic E-state index is 0.126. The monoisotopic (exact) mass is 269 g/mol. The van der Waals surface area contributed by atoms with E-state index in [1.165, 1.54) is 6.20 Å². The van der Waals surface area contributed by atoms with Gasteiger partial charge in [0.15, 0.2) is 5.75 Å². The maximum absolute atomic E-state index is 10.8. The summed E-state index contributed by atoms with van der Waals surface area (Å²) in [5.41, 5.74) is -0.358. The molecule has 9 heteroatoms. The third-order valence-corrected chi connectivity index (χ3v) is 2.23. The van der Waals surface area contributed by atoms with E-state index >= 15 is 0 Å². The van der Waals surface area contributed by atoms with E-state index in [-0.39, 0.29) is 16.9 Å². The molecular formula is C9H8ClN5O3. The molecule has 0 spiro atoms. The summed E-state index contributed by atoms with van der Waals surface area (Å²) in [5, 5.41) is 14.6. The number of hydrogen-bond acceptors (Lipinski definition) is 6. The van der Waals surface area contributed by atoms with Gasteiger partial charge in [-0.25, -0.2) is 4.98 Å². The largest absolute Gasteiger partial charge is 0.430 e. The second-order valence-corrected chi connectivity index (χ2v) is 3.56. The minimum Gasteiger partial charge on any atom is -0.430 e. The van der Waals surface area contributed by atoms with Crippen LogP contribution in [0.1, 0.15) is 6.92 Å². The fourth-order valence-electron chi connectivity index (χ4n) is 1.22.